The third-order valence-corrected chi connectivity index (χ3v) is 3.96. The molecular weight excluding hydrogens is 234 g/mol. The van der Waals surface area contributed by atoms with Crippen LogP contribution in [-0.2, 0) is 0 Å². The summed E-state index contributed by atoms with van der Waals surface area (Å²) in [5.74, 6) is 0.650. The minimum Gasteiger partial charge on any atom is -0.396 e. The van der Waals surface area contributed by atoms with Gasteiger partial charge >= 0.3 is 0 Å². The standard InChI is InChI=1S/C17H23NO/c1-12(2)16(11-19)17(18-3)15-10-6-8-13-7-4-5-9-14(13)15/h4-10,12,16-19H,11H2,1-3H3. The predicted molar refractivity (Wildman–Crippen MR) is 81.2 cm³/mol. The second-order valence-corrected chi connectivity index (χ2v) is 5.43. The van der Waals surface area contributed by atoms with Gasteiger partial charge in [0.2, 0.25) is 0 Å². The zero-order valence-electron chi connectivity index (χ0n) is 11.9. The van der Waals surface area contributed by atoms with Crippen molar-refractivity contribution in [3.05, 3.63) is 48.0 Å². The van der Waals surface area contributed by atoms with Crippen LogP contribution in [0.3, 0.4) is 0 Å². The zero-order chi connectivity index (χ0) is 13.8. The average molecular weight is 257 g/mol. The molecule has 2 rings (SSSR count). The topological polar surface area (TPSA) is 32.3 Å². The molecule has 0 heterocycles. The van der Waals surface area contributed by atoms with Gasteiger partial charge in [0.05, 0.1) is 0 Å². The van der Waals surface area contributed by atoms with Gasteiger partial charge in [-0.3, -0.25) is 0 Å². The van der Waals surface area contributed by atoms with E-state index in [0.717, 1.165) is 0 Å². The maximum absolute atomic E-state index is 9.69. The van der Waals surface area contributed by atoms with Gasteiger partial charge in [-0.2, -0.15) is 0 Å². The molecule has 2 aromatic carbocycles. The first kappa shape index (κ1) is 14.0. The van der Waals surface area contributed by atoms with Crippen molar-refractivity contribution >= 4 is 10.8 Å². The minimum absolute atomic E-state index is 0.177. The smallest absolute Gasteiger partial charge is 0.0479 e. The maximum Gasteiger partial charge on any atom is 0.0479 e. The zero-order valence-corrected chi connectivity index (χ0v) is 11.9. The summed E-state index contributed by atoms with van der Waals surface area (Å²) < 4.78 is 0. The summed E-state index contributed by atoms with van der Waals surface area (Å²) in [6.45, 7) is 4.53. The van der Waals surface area contributed by atoms with E-state index in [1.165, 1.54) is 16.3 Å². The highest BCUT2D eigenvalue weighted by molar-refractivity contribution is 5.86. The van der Waals surface area contributed by atoms with Gasteiger partial charge in [0.1, 0.15) is 0 Å². The average Bonchev–Trinajstić information content (AvgIpc) is 2.43. The van der Waals surface area contributed by atoms with E-state index < -0.39 is 0 Å². The molecule has 2 N–H and O–H groups in total. The summed E-state index contributed by atoms with van der Waals surface area (Å²) in [6.07, 6.45) is 0. The summed E-state index contributed by atoms with van der Waals surface area (Å²) >= 11 is 0. The summed E-state index contributed by atoms with van der Waals surface area (Å²) in [4.78, 5) is 0. The molecule has 0 aliphatic carbocycles. The van der Waals surface area contributed by atoms with Crippen molar-refractivity contribution in [3.63, 3.8) is 0 Å². The predicted octanol–water partition coefficient (Wildman–Crippen LogP) is 3.36. The molecule has 0 amide bonds. The van der Waals surface area contributed by atoms with Crippen LogP contribution in [0.1, 0.15) is 25.5 Å². The van der Waals surface area contributed by atoms with Gasteiger partial charge in [0.15, 0.2) is 0 Å². The molecule has 0 bridgehead atoms. The number of aliphatic hydroxyl groups is 1. The van der Waals surface area contributed by atoms with Crippen molar-refractivity contribution in [2.45, 2.75) is 19.9 Å². The third kappa shape index (κ3) is 2.80. The number of rotatable bonds is 5. The van der Waals surface area contributed by atoms with Crippen LogP contribution < -0.4 is 5.32 Å². The molecule has 2 heteroatoms. The SMILES string of the molecule is CNC(c1cccc2ccccc12)C(CO)C(C)C. The van der Waals surface area contributed by atoms with Crippen LogP contribution in [0.5, 0.6) is 0 Å². The monoisotopic (exact) mass is 257 g/mol. The number of fused-ring (bicyclic) bond motifs is 1. The first-order valence-electron chi connectivity index (χ1n) is 6.94. The molecule has 0 saturated heterocycles. The Kier molecular flexibility index (Phi) is 4.56. The summed E-state index contributed by atoms with van der Waals surface area (Å²) in [5, 5.41) is 15.6. The van der Waals surface area contributed by atoms with Gasteiger partial charge in [0.25, 0.3) is 0 Å². The number of nitrogens with one attached hydrogen (secondary N) is 1. The van der Waals surface area contributed by atoms with E-state index in [2.05, 4.69) is 61.6 Å². The highest BCUT2D eigenvalue weighted by atomic mass is 16.3. The summed E-state index contributed by atoms with van der Waals surface area (Å²) in [7, 11) is 1.97. The van der Waals surface area contributed by atoms with E-state index in [1.54, 1.807) is 0 Å². The largest absolute Gasteiger partial charge is 0.396 e. The van der Waals surface area contributed by atoms with E-state index in [1.807, 2.05) is 7.05 Å². The molecule has 0 saturated carbocycles. The lowest BCUT2D eigenvalue weighted by Gasteiger charge is -2.29. The number of benzene rings is 2. The lowest BCUT2D eigenvalue weighted by Crippen LogP contribution is -2.31. The van der Waals surface area contributed by atoms with Gasteiger partial charge in [-0.1, -0.05) is 56.3 Å². The van der Waals surface area contributed by atoms with E-state index in [-0.39, 0.29) is 18.6 Å². The lowest BCUT2D eigenvalue weighted by molar-refractivity contribution is 0.155. The fourth-order valence-corrected chi connectivity index (χ4v) is 2.82. The van der Waals surface area contributed by atoms with Crippen molar-refractivity contribution < 1.29 is 5.11 Å². The Morgan fingerprint density at radius 3 is 2.37 bits per heavy atom. The van der Waals surface area contributed by atoms with Gasteiger partial charge in [-0.05, 0) is 29.3 Å². The molecule has 2 unspecified atom stereocenters. The minimum atomic E-state index is 0.177. The van der Waals surface area contributed by atoms with Gasteiger partial charge in [-0.15, -0.1) is 0 Å². The molecule has 0 spiro atoms. The third-order valence-electron chi connectivity index (χ3n) is 3.96. The molecule has 0 radical (unpaired) electrons. The molecule has 2 atom stereocenters. The van der Waals surface area contributed by atoms with Crippen LogP contribution in [0.25, 0.3) is 10.8 Å². The molecule has 0 fully saturated rings. The maximum atomic E-state index is 9.69. The van der Waals surface area contributed by atoms with Crippen molar-refractivity contribution in [2.75, 3.05) is 13.7 Å². The van der Waals surface area contributed by atoms with E-state index in [4.69, 9.17) is 0 Å². The highest BCUT2D eigenvalue weighted by Crippen LogP contribution is 2.32. The molecule has 0 aliphatic heterocycles. The number of hydrogen-bond donors (Lipinski definition) is 2. The molecule has 0 aromatic heterocycles. The van der Waals surface area contributed by atoms with E-state index in [9.17, 15) is 5.11 Å². The Balaban J connectivity index is 2.51. The fourth-order valence-electron chi connectivity index (χ4n) is 2.82. The van der Waals surface area contributed by atoms with Crippen LogP contribution in [0.15, 0.2) is 42.5 Å². The van der Waals surface area contributed by atoms with Crippen molar-refractivity contribution in [3.8, 4) is 0 Å². The van der Waals surface area contributed by atoms with Gasteiger partial charge in [0, 0.05) is 18.6 Å². The first-order valence-corrected chi connectivity index (χ1v) is 6.94. The van der Waals surface area contributed by atoms with E-state index >= 15 is 0 Å². The van der Waals surface area contributed by atoms with Crippen molar-refractivity contribution in [2.24, 2.45) is 11.8 Å². The quantitative estimate of drug-likeness (QED) is 0.861. The van der Waals surface area contributed by atoms with Crippen LogP contribution in [-0.4, -0.2) is 18.8 Å². The number of aliphatic hydroxyl groups excluding tert-OH is 1. The molecule has 19 heavy (non-hydrogen) atoms. The molecular formula is C17H23NO. The molecule has 102 valence electrons. The Labute approximate surface area is 115 Å². The molecule has 2 aromatic rings. The van der Waals surface area contributed by atoms with Gasteiger partial charge in [-0.25, -0.2) is 0 Å². The second-order valence-electron chi connectivity index (χ2n) is 5.43. The van der Waals surface area contributed by atoms with Crippen molar-refractivity contribution in [1.82, 2.24) is 5.32 Å². The summed E-state index contributed by atoms with van der Waals surface area (Å²) in [5.41, 5.74) is 1.27. The van der Waals surface area contributed by atoms with Crippen molar-refractivity contribution in [1.29, 1.82) is 0 Å². The second kappa shape index (κ2) is 6.18. The van der Waals surface area contributed by atoms with Crippen LogP contribution in [0.2, 0.25) is 0 Å². The molecule has 2 nitrogen and oxygen atoms in total. The van der Waals surface area contributed by atoms with Crippen LogP contribution >= 0.6 is 0 Å². The van der Waals surface area contributed by atoms with Crippen LogP contribution in [0, 0.1) is 11.8 Å². The fraction of sp³-hybridized carbons (Fsp3) is 0.412. The Bertz CT molecular complexity index is 530. The van der Waals surface area contributed by atoms with E-state index in [0.29, 0.717) is 5.92 Å². The molecule has 0 aliphatic rings. The lowest BCUT2D eigenvalue weighted by atomic mass is 9.83. The summed E-state index contributed by atoms with van der Waals surface area (Å²) in [6, 6.07) is 15.0. The first-order chi connectivity index (χ1) is 9.19. The normalized spacial score (nSPS) is 14.8. The van der Waals surface area contributed by atoms with Gasteiger partial charge < -0.3 is 10.4 Å². The Morgan fingerprint density at radius 1 is 1.05 bits per heavy atom. The number of hydrogen-bond acceptors (Lipinski definition) is 2. The highest BCUT2D eigenvalue weighted by Gasteiger charge is 2.25. The Morgan fingerprint density at radius 2 is 1.74 bits per heavy atom. The van der Waals surface area contributed by atoms with Crippen LogP contribution in [0.4, 0.5) is 0 Å². The Hall–Kier alpha value is -1.38.